The molecular weight excluding hydrogens is 501 g/mol. The van der Waals surface area contributed by atoms with Gasteiger partial charge in [0.15, 0.2) is 0 Å². The van der Waals surface area contributed by atoms with Crippen molar-refractivity contribution in [1.29, 1.82) is 5.26 Å². The molecule has 7 heteroatoms. The number of alkyl halides is 1. The molecular formula is C33H40FN5O. The molecule has 1 aliphatic carbocycles. The molecule has 0 bridgehead atoms. The zero-order valence-electron chi connectivity index (χ0n) is 24.0. The summed E-state index contributed by atoms with van der Waals surface area (Å²) in [6.07, 6.45) is 7.93. The van der Waals surface area contributed by atoms with Crippen LogP contribution in [0.15, 0.2) is 52.7 Å². The topological polar surface area (TPSA) is 71.7 Å². The van der Waals surface area contributed by atoms with E-state index in [1.807, 2.05) is 26.3 Å². The third-order valence-electron chi connectivity index (χ3n) is 9.08. The Kier molecular flexibility index (Phi) is 8.37. The number of hydrogen-bond donors (Lipinski definition) is 1. The predicted octanol–water partition coefficient (Wildman–Crippen LogP) is 6.14. The lowest BCUT2D eigenvalue weighted by molar-refractivity contribution is 0.0421. The Hall–Kier alpha value is -3.50. The molecule has 1 saturated heterocycles. The van der Waals surface area contributed by atoms with Crippen LogP contribution in [0.1, 0.15) is 83.5 Å². The molecule has 0 atom stereocenters. The van der Waals surface area contributed by atoms with Crippen LogP contribution in [0.4, 0.5) is 10.1 Å². The summed E-state index contributed by atoms with van der Waals surface area (Å²) >= 11 is 0. The number of carbonyl (C=O) groups is 1. The Morgan fingerprint density at radius 3 is 2.45 bits per heavy atom. The largest absolute Gasteiger partial charge is 0.391 e. The molecule has 2 aromatic rings. The number of rotatable bonds is 6. The number of nitriles is 1. The van der Waals surface area contributed by atoms with Gasteiger partial charge in [0, 0.05) is 70.0 Å². The number of piperidine rings is 1. The van der Waals surface area contributed by atoms with Crippen molar-refractivity contribution in [3.63, 3.8) is 0 Å². The lowest BCUT2D eigenvalue weighted by Gasteiger charge is -2.37. The van der Waals surface area contributed by atoms with Crippen molar-refractivity contribution in [2.45, 2.75) is 63.5 Å². The van der Waals surface area contributed by atoms with Gasteiger partial charge in [0.05, 0.1) is 17.3 Å². The van der Waals surface area contributed by atoms with Gasteiger partial charge in [-0.1, -0.05) is 24.6 Å². The van der Waals surface area contributed by atoms with E-state index >= 15 is 4.39 Å². The van der Waals surface area contributed by atoms with Crippen LogP contribution >= 0.6 is 0 Å². The number of benzene rings is 2. The maximum absolute atomic E-state index is 15.8. The quantitative estimate of drug-likeness (QED) is 0.446. The van der Waals surface area contributed by atoms with Crippen molar-refractivity contribution >= 4 is 17.8 Å². The molecule has 0 unspecified atom stereocenters. The van der Waals surface area contributed by atoms with Crippen LogP contribution in [-0.2, 0) is 5.67 Å². The standard InChI is InChI=1S/C33H40FN5O/c1-23-19-29(25-5-4-6-25)31(37-22-26-11-15-38(3)16-12-30(26)36-2)20-28(23)32(40)39-17-13-33(34,14-18-39)27-9-7-24(21-35)8-10-27/h7-10,19-20,22,25,36H,4-6,11-18H2,1-3H3. The average Bonchev–Trinajstić information content (AvgIpc) is 3.12. The Balaban J connectivity index is 1.37. The van der Waals surface area contributed by atoms with Gasteiger partial charge in [0.25, 0.3) is 5.91 Å². The lowest BCUT2D eigenvalue weighted by Crippen LogP contribution is -2.43. The minimum absolute atomic E-state index is 0.0535. The first-order valence-corrected chi connectivity index (χ1v) is 14.6. The van der Waals surface area contributed by atoms with Gasteiger partial charge in [-0.3, -0.25) is 9.79 Å². The summed E-state index contributed by atoms with van der Waals surface area (Å²) < 4.78 is 15.8. The highest BCUT2D eigenvalue weighted by Crippen LogP contribution is 2.43. The molecule has 3 aliphatic rings. The third-order valence-corrected chi connectivity index (χ3v) is 9.08. The molecule has 0 radical (unpaired) electrons. The van der Waals surface area contributed by atoms with E-state index in [1.54, 1.807) is 29.2 Å². The maximum atomic E-state index is 15.8. The maximum Gasteiger partial charge on any atom is 0.254 e. The number of amides is 1. The van der Waals surface area contributed by atoms with E-state index < -0.39 is 5.67 Å². The lowest BCUT2D eigenvalue weighted by atomic mass is 9.78. The summed E-state index contributed by atoms with van der Waals surface area (Å²) in [5, 5.41) is 12.4. The Labute approximate surface area is 237 Å². The zero-order valence-corrected chi connectivity index (χ0v) is 24.0. The molecule has 2 aliphatic heterocycles. The molecule has 5 rings (SSSR count). The van der Waals surface area contributed by atoms with Gasteiger partial charge < -0.3 is 15.1 Å². The molecule has 6 nitrogen and oxygen atoms in total. The number of hydrogen-bond acceptors (Lipinski definition) is 5. The molecule has 2 fully saturated rings. The minimum atomic E-state index is -1.49. The summed E-state index contributed by atoms with van der Waals surface area (Å²) in [7, 11) is 4.13. The fourth-order valence-corrected chi connectivity index (χ4v) is 6.09. The van der Waals surface area contributed by atoms with Crippen LogP contribution in [0.2, 0.25) is 0 Å². The summed E-state index contributed by atoms with van der Waals surface area (Å²) in [6, 6.07) is 12.9. The van der Waals surface area contributed by atoms with Gasteiger partial charge in [0.2, 0.25) is 0 Å². The van der Waals surface area contributed by atoms with Gasteiger partial charge in [-0.15, -0.1) is 0 Å². The monoisotopic (exact) mass is 541 g/mol. The van der Waals surface area contributed by atoms with Crippen molar-refractivity contribution in [2.75, 3.05) is 40.3 Å². The smallest absolute Gasteiger partial charge is 0.254 e. The second-order valence-corrected chi connectivity index (χ2v) is 11.6. The average molecular weight is 542 g/mol. The Morgan fingerprint density at radius 2 is 1.82 bits per heavy atom. The highest BCUT2D eigenvalue weighted by atomic mass is 19.1. The molecule has 0 aromatic heterocycles. The predicted molar refractivity (Wildman–Crippen MR) is 158 cm³/mol. The SMILES string of the molecule is CNC1=C(C=Nc2cc(C(=O)N3CCC(F)(c4ccc(C#N)cc4)CC3)c(C)cc2C2CCC2)CCN(C)CC1. The Morgan fingerprint density at radius 1 is 1.12 bits per heavy atom. The summed E-state index contributed by atoms with van der Waals surface area (Å²) in [5.74, 6) is 0.435. The second kappa shape index (κ2) is 11.9. The summed E-state index contributed by atoms with van der Waals surface area (Å²) in [4.78, 5) is 22.9. The van der Waals surface area contributed by atoms with Gasteiger partial charge in [-0.05, 0) is 79.6 Å². The van der Waals surface area contributed by atoms with Crippen LogP contribution in [0.25, 0.3) is 0 Å². The fraction of sp³-hybridized carbons (Fsp3) is 0.485. The zero-order chi connectivity index (χ0) is 28.3. The van der Waals surface area contributed by atoms with Crippen LogP contribution < -0.4 is 5.32 Å². The van der Waals surface area contributed by atoms with E-state index in [-0.39, 0.29) is 18.7 Å². The number of nitrogens with one attached hydrogen (secondary N) is 1. The van der Waals surface area contributed by atoms with Crippen molar-refractivity contribution in [3.05, 3.63) is 75.5 Å². The van der Waals surface area contributed by atoms with Gasteiger partial charge >= 0.3 is 0 Å². The number of nitrogens with zero attached hydrogens (tertiary/aromatic N) is 4. The fourth-order valence-electron chi connectivity index (χ4n) is 6.09. The first-order valence-electron chi connectivity index (χ1n) is 14.6. The van der Waals surface area contributed by atoms with Gasteiger partial charge in [0.1, 0.15) is 5.67 Å². The van der Waals surface area contributed by atoms with Crippen molar-refractivity contribution in [3.8, 4) is 6.07 Å². The summed E-state index contributed by atoms with van der Waals surface area (Å²) in [5.41, 5.74) is 5.79. The number of aliphatic imine (C=N–C) groups is 1. The number of likely N-dealkylation sites (tertiary alicyclic amines) is 1. The normalized spacial score (nSPS) is 20.2. The molecule has 2 aromatic carbocycles. The van der Waals surface area contributed by atoms with E-state index in [0.29, 0.717) is 35.7 Å². The highest BCUT2D eigenvalue weighted by molar-refractivity contribution is 5.97. The van der Waals surface area contributed by atoms with Crippen LogP contribution in [-0.4, -0.2) is 62.2 Å². The van der Waals surface area contributed by atoms with Gasteiger partial charge in [-0.25, -0.2) is 4.39 Å². The van der Waals surface area contributed by atoms with E-state index in [9.17, 15) is 4.79 Å². The third kappa shape index (κ3) is 5.83. The van der Waals surface area contributed by atoms with Crippen molar-refractivity contribution in [2.24, 2.45) is 4.99 Å². The molecule has 1 N–H and O–H groups in total. The van der Waals surface area contributed by atoms with Crippen LogP contribution in [0, 0.1) is 18.3 Å². The molecule has 1 amide bonds. The van der Waals surface area contributed by atoms with E-state index in [1.165, 1.54) is 23.3 Å². The number of halogens is 1. The van der Waals surface area contributed by atoms with E-state index in [2.05, 4.69) is 29.4 Å². The first-order chi connectivity index (χ1) is 19.3. The molecule has 40 heavy (non-hydrogen) atoms. The minimum Gasteiger partial charge on any atom is -0.391 e. The van der Waals surface area contributed by atoms with E-state index in [0.717, 1.165) is 50.0 Å². The molecule has 1 saturated carbocycles. The second-order valence-electron chi connectivity index (χ2n) is 11.6. The molecule has 0 spiro atoms. The van der Waals surface area contributed by atoms with Crippen LogP contribution in [0.5, 0.6) is 0 Å². The molecule has 2 heterocycles. The van der Waals surface area contributed by atoms with E-state index in [4.69, 9.17) is 10.3 Å². The Bertz CT molecular complexity index is 1340. The van der Waals surface area contributed by atoms with Crippen molar-refractivity contribution in [1.82, 2.24) is 15.1 Å². The van der Waals surface area contributed by atoms with Gasteiger partial charge in [-0.2, -0.15) is 5.26 Å². The molecule has 210 valence electrons. The first kappa shape index (κ1) is 28.0. The van der Waals surface area contributed by atoms with Crippen LogP contribution in [0.3, 0.4) is 0 Å². The number of carbonyl (C=O) groups excluding carboxylic acids is 1. The summed E-state index contributed by atoms with van der Waals surface area (Å²) in [6.45, 7) is 4.72. The number of aryl methyl sites for hydroxylation is 1. The van der Waals surface area contributed by atoms with Crippen molar-refractivity contribution < 1.29 is 9.18 Å². The highest BCUT2D eigenvalue weighted by Gasteiger charge is 2.38.